The fourth-order valence-electron chi connectivity index (χ4n) is 10.8. The minimum absolute atomic E-state index is 0. The molecule has 4 saturated carbocycles. The Bertz CT molecular complexity index is 2040. The molecule has 4 aliphatic rings. The van der Waals surface area contributed by atoms with Crippen molar-refractivity contribution in [2.24, 2.45) is 0 Å². The quantitative estimate of drug-likeness (QED) is 0.0549. The van der Waals surface area contributed by atoms with Crippen molar-refractivity contribution in [3.8, 4) is 0 Å². The van der Waals surface area contributed by atoms with Gasteiger partial charge >= 0.3 is 0 Å². The normalized spacial score (nSPS) is 15.1. The largest absolute Gasteiger partial charge is 0.383 e. The van der Waals surface area contributed by atoms with E-state index in [1.165, 1.54) is 139 Å². The van der Waals surface area contributed by atoms with E-state index in [0.29, 0.717) is 60.6 Å². The number of hydrogen-bond acceptors (Lipinski definition) is 9. The molecule has 4 aromatic rings. The van der Waals surface area contributed by atoms with Crippen LogP contribution in [0, 0.1) is 5.82 Å². The van der Waals surface area contributed by atoms with Crippen LogP contribution in [0.25, 0.3) is 0 Å². The van der Waals surface area contributed by atoms with Gasteiger partial charge in [-0.2, -0.15) is 0 Å². The van der Waals surface area contributed by atoms with Gasteiger partial charge in [-0.05, 0) is 208 Å². The van der Waals surface area contributed by atoms with Crippen LogP contribution in [0.4, 0.5) is 21.5 Å². The monoisotopic (exact) mass is 1280 g/mol. The topological polar surface area (TPSA) is 93.9 Å². The zero-order chi connectivity index (χ0) is 66.9. The van der Waals surface area contributed by atoms with Crippen molar-refractivity contribution in [1.82, 2.24) is 20.9 Å². The summed E-state index contributed by atoms with van der Waals surface area (Å²) >= 11 is 5.72. The van der Waals surface area contributed by atoms with Crippen LogP contribution in [-0.4, -0.2) is 96.7 Å². The van der Waals surface area contributed by atoms with Gasteiger partial charge in [-0.3, -0.25) is 0 Å². The van der Waals surface area contributed by atoms with Crippen LogP contribution in [-0.2, 0) is 16.1 Å². The highest BCUT2D eigenvalue weighted by Crippen LogP contribution is 2.24. The van der Waals surface area contributed by atoms with Crippen molar-refractivity contribution in [3.63, 3.8) is 0 Å². The van der Waals surface area contributed by atoms with E-state index in [-0.39, 0.29) is 13.2 Å². The van der Waals surface area contributed by atoms with Crippen molar-refractivity contribution in [2.45, 2.75) is 353 Å². The van der Waals surface area contributed by atoms with E-state index in [4.69, 9.17) is 21.1 Å². The molecule has 0 saturated heterocycles. The molecule has 0 amide bonds. The van der Waals surface area contributed by atoms with Crippen molar-refractivity contribution in [3.05, 3.63) is 126 Å². The second-order valence-electron chi connectivity index (χ2n) is 27.7. The molecule has 4 aromatic carbocycles. The molecule has 6 N–H and O–H groups in total. The Labute approximate surface area is 561 Å². The third-order valence-electron chi connectivity index (χ3n) is 14.8. The van der Waals surface area contributed by atoms with Gasteiger partial charge in [0.25, 0.3) is 0 Å². The molecule has 0 radical (unpaired) electrons. The zero-order valence-corrected chi connectivity index (χ0v) is 61.7. The van der Waals surface area contributed by atoms with Gasteiger partial charge in [0.2, 0.25) is 0 Å². The van der Waals surface area contributed by atoms with Gasteiger partial charge in [-0.15, -0.1) is 0 Å². The van der Waals surface area contributed by atoms with Gasteiger partial charge in [-0.25, -0.2) is 4.39 Å². The third kappa shape index (κ3) is 54.8. The van der Waals surface area contributed by atoms with Gasteiger partial charge in [0.05, 0.1) is 24.9 Å². The minimum Gasteiger partial charge on any atom is -0.383 e. The number of anilines is 3. The number of benzene rings is 4. The molecule has 90 heavy (non-hydrogen) atoms. The Morgan fingerprint density at radius 2 is 0.778 bits per heavy atom. The smallest absolute Gasteiger partial charge is 0.123 e. The fourth-order valence-corrected chi connectivity index (χ4v) is 10.9. The first-order chi connectivity index (χ1) is 42.1. The molecule has 0 aromatic heterocycles. The first-order valence-electron chi connectivity index (χ1n) is 35.3. The van der Waals surface area contributed by atoms with Gasteiger partial charge in [0.15, 0.2) is 0 Å². The minimum atomic E-state index is -0.195. The van der Waals surface area contributed by atoms with Crippen LogP contribution < -0.4 is 31.9 Å². The van der Waals surface area contributed by atoms with Gasteiger partial charge < -0.3 is 46.3 Å². The number of rotatable bonds is 19. The van der Waals surface area contributed by atoms with Crippen molar-refractivity contribution < 1.29 is 13.9 Å². The summed E-state index contributed by atoms with van der Waals surface area (Å²) in [6.07, 6.45) is 26.7. The van der Waals surface area contributed by atoms with E-state index in [0.717, 1.165) is 47.2 Å². The highest BCUT2D eigenvalue weighted by atomic mass is 35.5. The molecular formula is C79H143ClFN7O2. The molecule has 0 bridgehead atoms. The first kappa shape index (κ1) is 88.3. The molecule has 8 rings (SSSR count). The summed E-state index contributed by atoms with van der Waals surface area (Å²) in [7, 11) is 2.26. The van der Waals surface area contributed by atoms with E-state index < -0.39 is 0 Å². The lowest BCUT2D eigenvalue weighted by molar-refractivity contribution is 0.0126. The Hall–Kier alpha value is -3.74. The van der Waals surface area contributed by atoms with Gasteiger partial charge in [0, 0.05) is 88.5 Å². The van der Waals surface area contributed by atoms with Crippen molar-refractivity contribution in [1.29, 1.82) is 0 Å². The maximum Gasteiger partial charge on any atom is 0.123 e. The lowest BCUT2D eigenvalue weighted by atomic mass is 9.94. The van der Waals surface area contributed by atoms with Gasteiger partial charge in [0.1, 0.15) is 5.82 Å². The lowest BCUT2D eigenvalue weighted by Crippen LogP contribution is -2.38. The fraction of sp³-hybridized carbons (Fsp3) is 0.696. The Kier molecular flexibility index (Phi) is 54.6. The van der Waals surface area contributed by atoms with Crippen molar-refractivity contribution >= 4 is 28.7 Å². The number of nitrogens with one attached hydrogen (secondary N) is 6. The molecular weight excluding hydrogens is 1130 g/mol. The molecule has 0 spiro atoms. The summed E-state index contributed by atoms with van der Waals surface area (Å²) in [6, 6.07) is 41.7. The van der Waals surface area contributed by atoms with Crippen LogP contribution in [0.3, 0.4) is 0 Å². The number of ether oxygens (including phenoxy) is 2. The number of para-hydroxylation sites is 1. The summed E-state index contributed by atoms with van der Waals surface area (Å²) in [6.45, 7) is 43.7. The summed E-state index contributed by atoms with van der Waals surface area (Å²) in [4.78, 5) is 2.53. The zero-order valence-electron chi connectivity index (χ0n) is 60.9. The molecule has 9 nitrogen and oxygen atoms in total. The molecule has 0 aliphatic heterocycles. The maximum absolute atomic E-state index is 12.4. The van der Waals surface area contributed by atoms with Crippen molar-refractivity contribution in [2.75, 3.05) is 23.0 Å². The number of halogens is 2. The van der Waals surface area contributed by atoms with Crippen LogP contribution in [0.5, 0.6) is 0 Å². The predicted octanol–water partition coefficient (Wildman–Crippen LogP) is 22.2. The molecule has 0 atom stereocenters. The second-order valence-corrected chi connectivity index (χ2v) is 28.1. The summed E-state index contributed by atoms with van der Waals surface area (Å²) in [5.74, 6) is -0.195. The third-order valence-corrected chi connectivity index (χ3v) is 15.0. The van der Waals surface area contributed by atoms with E-state index in [2.05, 4.69) is 179 Å². The number of nitrogens with zero attached hydrogens (tertiary/aromatic N) is 1. The maximum atomic E-state index is 12.4. The second kappa shape index (κ2) is 55.7. The Morgan fingerprint density at radius 3 is 1.12 bits per heavy atom. The average molecular weight is 1280 g/mol. The SMILES string of the molecule is C.CC(C)N(C)C1CCCCC1.CC(C)NC(C)C.CC(C)NC1CCCC1.CC(C)NC1CCCCC1.CC(C)Nc1ccc(Cl)cc1.CC(C)Nc1ccc(F)cc1.CC(C)Nc1ccccc1.CC(C)OC1CCCC1.CC(C)OCc1ccccc1. The molecule has 0 heterocycles. The molecule has 4 aliphatic carbocycles. The summed E-state index contributed by atoms with van der Waals surface area (Å²) in [5, 5.41) is 20.9. The van der Waals surface area contributed by atoms with Crippen LogP contribution in [0.1, 0.15) is 267 Å². The summed E-state index contributed by atoms with van der Waals surface area (Å²) < 4.78 is 23.4. The van der Waals surface area contributed by atoms with Crippen LogP contribution in [0.2, 0.25) is 5.02 Å². The van der Waals surface area contributed by atoms with E-state index in [1.54, 1.807) is 12.1 Å². The predicted molar refractivity (Wildman–Crippen MR) is 401 cm³/mol. The van der Waals surface area contributed by atoms with Gasteiger partial charge in [-0.1, -0.05) is 187 Å². The average Bonchev–Trinajstić information content (AvgIpc) is 4.40. The molecule has 11 heteroatoms. The molecule has 0 unspecified atom stereocenters. The molecule has 520 valence electrons. The van der Waals surface area contributed by atoms with Crippen LogP contribution in [0.15, 0.2) is 109 Å². The Balaban J connectivity index is 0. The van der Waals surface area contributed by atoms with Crippen LogP contribution >= 0.6 is 11.6 Å². The Morgan fingerprint density at radius 1 is 0.422 bits per heavy atom. The lowest BCUT2D eigenvalue weighted by Gasteiger charge is -2.33. The summed E-state index contributed by atoms with van der Waals surface area (Å²) in [5.41, 5.74) is 4.50. The molecule has 4 fully saturated rings. The van der Waals surface area contributed by atoms with E-state index in [1.807, 2.05) is 88.4 Å². The highest BCUT2D eigenvalue weighted by Gasteiger charge is 2.20. The first-order valence-corrected chi connectivity index (χ1v) is 35.7. The standard InChI is InChI=1S/C10H21N.C10H14O.C9H12ClN.C9H12FN.C9H19N.C9H13N.C8H17N.C8H16O.C6H15N.CH4/c1-9(2)11(3)10-7-5-4-6-8-10;1-9(2)11-8-10-6-4-3-5-7-10;2*1-7(2)11-9-5-3-8(10)4-6-9;2*1-8(2)10-9-6-4-3-5-7-9;2*1-7(2)9-8-5-3-4-6-8;1-5(2)7-6(3)4;/h9-10H,4-8H2,1-3H3;3-7,9H,8H2,1-2H3;2*3-7,11H,1-2H3;8-10H,3-7H2,1-2H3;3-8,10H,1-2H3;7-9H,3-6H2,1-2H3;7-8H,3-6H2,1-2H3;5-7H,1-4H3;1H4. The number of hydrogen-bond donors (Lipinski definition) is 6. The highest BCUT2D eigenvalue weighted by molar-refractivity contribution is 6.30. The van der Waals surface area contributed by atoms with E-state index >= 15 is 0 Å². The van der Waals surface area contributed by atoms with E-state index in [9.17, 15) is 4.39 Å².